The van der Waals surface area contributed by atoms with Crippen LogP contribution in [0, 0.1) is 0 Å². The molecule has 2 aromatic rings. The van der Waals surface area contributed by atoms with Gasteiger partial charge in [-0.15, -0.1) is 11.8 Å². The van der Waals surface area contributed by atoms with Gasteiger partial charge in [0.25, 0.3) is 5.91 Å². The highest BCUT2D eigenvalue weighted by atomic mass is 32.2. The van der Waals surface area contributed by atoms with E-state index in [0.29, 0.717) is 6.54 Å². The van der Waals surface area contributed by atoms with Crippen LogP contribution in [0.15, 0.2) is 59.5 Å². The van der Waals surface area contributed by atoms with Crippen LogP contribution in [0.4, 0.5) is 5.69 Å². The second kappa shape index (κ2) is 7.53. The largest absolute Gasteiger partial charge is 0.455 e. The molecule has 0 aromatic heterocycles. The number of thioether (sulfide) groups is 1. The lowest BCUT2D eigenvalue weighted by molar-refractivity contribution is -0.146. The summed E-state index contributed by atoms with van der Waals surface area (Å²) < 4.78 is 5.21. The SMILES string of the molecule is C[C@H](Sc1ccccc1)C(=O)OCC(=O)N1CCc2ccccc21. The zero-order valence-electron chi connectivity index (χ0n) is 13.5. The number of carbonyl (C=O) groups is 2. The topological polar surface area (TPSA) is 46.6 Å². The van der Waals surface area contributed by atoms with Gasteiger partial charge in [-0.05, 0) is 37.1 Å². The number of ether oxygens (including phenoxy) is 1. The molecule has 0 unspecified atom stereocenters. The first kappa shape index (κ1) is 16.6. The van der Waals surface area contributed by atoms with Crippen LogP contribution in [0.3, 0.4) is 0 Å². The summed E-state index contributed by atoms with van der Waals surface area (Å²) in [7, 11) is 0. The van der Waals surface area contributed by atoms with Gasteiger partial charge in [-0.1, -0.05) is 36.4 Å². The molecule has 0 radical (unpaired) electrons. The van der Waals surface area contributed by atoms with Gasteiger partial charge in [-0.2, -0.15) is 0 Å². The molecule has 1 amide bonds. The molecule has 24 heavy (non-hydrogen) atoms. The number of para-hydroxylation sites is 1. The molecule has 3 rings (SSSR count). The van der Waals surface area contributed by atoms with Crippen molar-refractivity contribution in [3.05, 3.63) is 60.2 Å². The Kier molecular flexibility index (Phi) is 5.20. The molecule has 2 aromatic carbocycles. The van der Waals surface area contributed by atoms with E-state index in [1.165, 1.54) is 11.8 Å². The van der Waals surface area contributed by atoms with Gasteiger partial charge in [0, 0.05) is 17.1 Å². The molecule has 1 aliphatic rings. The smallest absolute Gasteiger partial charge is 0.319 e. The summed E-state index contributed by atoms with van der Waals surface area (Å²) in [5.74, 6) is -0.546. The molecule has 1 atom stereocenters. The van der Waals surface area contributed by atoms with E-state index >= 15 is 0 Å². The van der Waals surface area contributed by atoms with Crippen molar-refractivity contribution in [2.75, 3.05) is 18.1 Å². The summed E-state index contributed by atoms with van der Waals surface area (Å²) >= 11 is 1.42. The van der Waals surface area contributed by atoms with Gasteiger partial charge >= 0.3 is 5.97 Å². The van der Waals surface area contributed by atoms with Crippen LogP contribution in [-0.2, 0) is 20.7 Å². The van der Waals surface area contributed by atoms with Crippen molar-refractivity contribution >= 4 is 29.3 Å². The third-order valence-corrected chi connectivity index (χ3v) is 5.00. The van der Waals surface area contributed by atoms with E-state index in [0.717, 1.165) is 22.6 Å². The number of carbonyl (C=O) groups excluding carboxylic acids is 2. The summed E-state index contributed by atoms with van der Waals surface area (Å²) in [5.41, 5.74) is 2.08. The van der Waals surface area contributed by atoms with Crippen LogP contribution in [0.25, 0.3) is 0 Å². The number of hydrogen-bond acceptors (Lipinski definition) is 4. The van der Waals surface area contributed by atoms with Gasteiger partial charge in [0.1, 0.15) is 5.25 Å². The molecular weight excluding hydrogens is 322 g/mol. The van der Waals surface area contributed by atoms with Crippen molar-refractivity contribution in [2.24, 2.45) is 0 Å². The molecule has 4 nitrogen and oxygen atoms in total. The van der Waals surface area contributed by atoms with Crippen molar-refractivity contribution in [3.8, 4) is 0 Å². The van der Waals surface area contributed by atoms with Crippen LogP contribution >= 0.6 is 11.8 Å². The first-order valence-electron chi connectivity index (χ1n) is 7.92. The minimum Gasteiger partial charge on any atom is -0.455 e. The summed E-state index contributed by atoms with van der Waals surface area (Å²) in [6.07, 6.45) is 0.843. The summed E-state index contributed by atoms with van der Waals surface area (Å²) in [6.45, 7) is 2.21. The number of amides is 1. The Balaban J connectivity index is 1.52. The van der Waals surface area contributed by atoms with Crippen molar-refractivity contribution in [1.29, 1.82) is 0 Å². The fourth-order valence-electron chi connectivity index (χ4n) is 2.68. The maximum absolute atomic E-state index is 12.3. The van der Waals surface area contributed by atoms with Crippen LogP contribution in [0.5, 0.6) is 0 Å². The predicted octanol–water partition coefficient (Wildman–Crippen LogP) is 3.30. The van der Waals surface area contributed by atoms with E-state index in [1.54, 1.807) is 11.8 Å². The Labute approximate surface area is 145 Å². The lowest BCUT2D eigenvalue weighted by atomic mass is 10.2. The molecule has 0 aliphatic carbocycles. The van der Waals surface area contributed by atoms with Crippen molar-refractivity contribution in [1.82, 2.24) is 0 Å². The zero-order chi connectivity index (χ0) is 16.9. The number of anilines is 1. The third kappa shape index (κ3) is 3.79. The Morgan fingerprint density at radius 1 is 1.12 bits per heavy atom. The average Bonchev–Trinajstić information content (AvgIpc) is 3.04. The van der Waals surface area contributed by atoms with E-state index in [4.69, 9.17) is 4.74 Å². The summed E-state index contributed by atoms with van der Waals surface area (Å²) in [4.78, 5) is 27.1. The highest BCUT2D eigenvalue weighted by Crippen LogP contribution is 2.27. The first-order chi connectivity index (χ1) is 11.6. The Hall–Kier alpha value is -2.27. The first-order valence-corrected chi connectivity index (χ1v) is 8.80. The van der Waals surface area contributed by atoms with Crippen LogP contribution in [0.1, 0.15) is 12.5 Å². The number of benzene rings is 2. The van der Waals surface area contributed by atoms with Gasteiger partial charge in [0.15, 0.2) is 6.61 Å². The van der Waals surface area contributed by atoms with Crippen molar-refractivity contribution < 1.29 is 14.3 Å². The van der Waals surface area contributed by atoms with Gasteiger partial charge in [-0.3, -0.25) is 9.59 Å². The lowest BCUT2D eigenvalue weighted by Crippen LogP contribution is -2.34. The zero-order valence-corrected chi connectivity index (χ0v) is 14.3. The van der Waals surface area contributed by atoms with Gasteiger partial charge in [0.05, 0.1) is 0 Å². The van der Waals surface area contributed by atoms with E-state index in [1.807, 2.05) is 54.6 Å². The normalized spacial score (nSPS) is 14.1. The molecule has 1 heterocycles. The quantitative estimate of drug-likeness (QED) is 0.618. The van der Waals surface area contributed by atoms with E-state index < -0.39 is 0 Å². The predicted molar refractivity (Wildman–Crippen MR) is 95.2 cm³/mol. The molecule has 0 saturated heterocycles. The number of rotatable bonds is 5. The molecular formula is C19H19NO3S. The number of hydrogen-bond donors (Lipinski definition) is 0. The molecule has 1 aliphatic heterocycles. The fraction of sp³-hybridized carbons (Fsp3) is 0.263. The molecule has 0 N–H and O–H groups in total. The Morgan fingerprint density at radius 3 is 2.62 bits per heavy atom. The maximum Gasteiger partial charge on any atom is 0.319 e. The van der Waals surface area contributed by atoms with E-state index in [-0.39, 0.29) is 23.7 Å². The molecule has 0 spiro atoms. The van der Waals surface area contributed by atoms with Gasteiger partial charge in [-0.25, -0.2) is 0 Å². The van der Waals surface area contributed by atoms with Crippen LogP contribution in [0.2, 0.25) is 0 Å². The van der Waals surface area contributed by atoms with E-state index in [9.17, 15) is 9.59 Å². The Bertz CT molecular complexity index is 732. The second-order valence-corrected chi connectivity index (χ2v) is 7.02. The number of fused-ring (bicyclic) bond motifs is 1. The standard InChI is InChI=1S/C19H19NO3S/c1-14(24-16-8-3-2-4-9-16)19(22)23-13-18(21)20-12-11-15-7-5-6-10-17(15)20/h2-10,14H,11-13H2,1H3/t14-/m0/s1. The van der Waals surface area contributed by atoms with Crippen LogP contribution < -0.4 is 4.90 Å². The minimum absolute atomic E-state index is 0.176. The minimum atomic E-state index is -0.371. The third-order valence-electron chi connectivity index (χ3n) is 3.91. The Morgan fingerprint density at radius 2 is 1.83 bits per heavy atom. The summed E-state index contributed by atoms with van der Waals surface area (Å²) in [5, 5.41) is -0.355. The molecule has 0 bridgehead atoms. The van der Waals surface area contributed by atoms with E-state index in [2.05, 4.69) is 0 Å². The fourth-order valence-corrected chi connectivity index (χ4v) is 3.56. The van der Waals surface area contributed by atoms with Crippen molar-refractivity contribution in [2.45, 2.75) is 23.5 Å². The molecule has 124 valence electrons. The second-order valence-electron chi connectivity index (χ2n) is 5.60. The lowest BCUT2D eigenvalue weighted by Gasteiger charge is -2.18. The average molecular weight is 341 g/mol. The van der Waals surface area contributed by atoms with Gasteiger partial charge < -0.3 is 9.64 Å². The summed E-state index contributed by atoms with van der Waals surface area (Å²) in [6, 6.07) is 17.5. The highest BCUT2D eigenvalue weighted by Gasteiger charge is 2.25. The van der Waals surface area contributed by atoms with Crippen LogP contribution in [-0.4, -0.2) is 30.3 Å². The van der Waals surface area contributed by atoms with Crippen molar-refractivity contribution in [3.63, 3.8) is 0 Å². The van der Waals surface area contributed by atoms with Gasteiger partial charge in [0.2, 0.25) is 0 Å². The number of esters is 1. The molecule has 0 fully saturated rings. The molecule has 0 saturated carbocycles. The highest BCUT2D eigenvalue weighted by molar-refractivity contribution is 8.00. The number of nitrogens with zero attached hydrogens (tertiary/aromatic N) is 1. The monoisotopic (exact) mass is 341 g/mol. The maximum atomic E-state index is 12.3. The molecule has 5 heteroatoms.